The maximum Gasteiger partial charge on any atom is 0.238 e. The minimum absolute atomic E-state index is 0.0250. The second kappa shape index (κ2) is 10.1. The highest BCUT2D eigenvalue weighted by molar-refractivity contribution is 7.89. The van der Waals surface area contributed by atoms with E-state index >= 15 is 0 Å². The maximum atomic E-state index is 12.6. The van der Waals surface area contributed by atoms with Crippen molar-refractivity contribution in [1.29, 1.82) is 0 Å². The largest absolute Gasteiger partial charge is 0.326 e. The van der Waals surface area contributed by atoms with E-state index < -0.39 is 10.0 Å². The summed E-state index contributed by atoms with van der Waals surface area (Å²) >= 11 is 1.67. The molecule has 0 atom stereocenters. The maximum absolute atomic E-state index is 12.6. The number of rotatable bonds is 7. The van der Waals surface area contributed by atoms with Crippen LogP contribution >= 0.6 is 11.3 Å². The number of amides is 1. The Morgan fingerprint density at radius 1 is 1.12 bits per heavy atom. The average Bonchev–Trinajstić information content (AvgIpc) is 3.28. The molecule has 33 heavy (non-hydrogen) atoms. The number of nitrogens with one attached hydrogen (secondary N) is 1. The van der Waals surface area contributed by atoms with Gasteiger partial charge in [0.25, 0.3) is 0 Å². The number of aryl methyl sites for hydroxylation is 1. The van der Waals surface area contributed by atoms with E-state index in [4.69, 9.17) is 10.1 Å². The summed E-state index contributed by atoms with van der Waals surface area (Å²) in [7, 11) is -3.74. The molecule has 3 aromatic rings. The summed E-state index contributed by atoms with van der Waals surface area (Å²) in [5, 5.41) is 11.1. The van der Waals surface area contributed by atoms with Gasteiger partial charge >= 0.3 is 0 Å². The summed E-state index contributed by atoms with van der Waals surface area (Å²) in [6, 6.07) is 14.5. The molecule has 0 saturated carbocycles. The number of thiazole rings is 1. The Labute approximate surface area is 198 Å². The van der Waals surface area contributed by atoms with Crippen LogP contribution in [0.15, 0.2) is 58.8 Å². The molecule has 1 amide bonds. The lowest BCUT2D eigenvalue weighted by atomic mass is 9.95. The number of aromatic nitrogens is 1. The fourth-order valence-corrected chi connectivity index (χ4v) is 5.28. The Balaban J connectivity index is 1.27. The Hall–Kier alpha value is -2.59. The highest BCUT2D eigenvalue weighted by atomic mass is 32.2. The second-order valence-corrected chi connectivity index (χ2v) is 10.7. The molecule has 2 aromatic carbocycles. The standard InChI is InChI=1S/C24H28N4O3S2/c1-2-17-3-5-19(6-4-17)24-27-21(16-32-24)15-28-13-11-18(12-14-28)23(29)26-20-7-9-22(10-8-20)33(25,30)31/h3-10,16,18H,2,11-15H2,1H3,(H,26,29)(H2,25,30,31). The molecule has 0 bridgehead atoms. The van der Waals surface area contributed by atoms with Gasteiger partial charge in [-0.05, 0) is 62.2 Å². The first kappa shape index (κ1) is 23.6. The fraction of sp³-hybridized carbons (Fsp3) is 0.333. The molecule has 1 aliphatic rings. The lowest BCUT2D eigenvalue weighted by molar-refractivity contribution is -0.121. The van der Waals surface area contributed by atoms with Gasteiger partial charge in [0.05, 0.1) is 10.6 Å². The van der Waals surface area contributed by atoms with E-state index in [9.17, 15) is 13.2 Å². The number of carbonyl (C=O) groups excluding carboxylic acids is 1. The van der Waals surface area contributed by atoms with E-state index in [1.165, 1.54) is 17.7 Å². The number of anilines is 1. The summed E-state index contributed by atoms with van der Waals surface area (Å²) in [5.41, 5.74) is 4.10. The molecule has 0 unspecified atom stereocenters. The van der Waals surface area contributed by atoms with Crippen molar-refractivity contribution in [2.45, 2.75) is 37.6 Å². The molecule has 0 aliphatic carbocycles. The third kappa shape index (κ3) is 6.05. The van der Waals surface area contributed by atoms with Crippen molar-refractivity contribution in [3.05, 3.63) is 65.2 Å². The van der Waals surface area contributed by atoms with Crippen LogP contribution in [0.4, 0.5) is 5.69 Å². The van der Waals surface area contributed by atoms with E-state index in [1.54, 1.807) is 23.5 Å². The SMILES string of the molecule is CCc1ccc(-c2nc(CN3CCC(C(=O)Nc4ccc(S(N)(=O)=O)cc4)CC3)cs2)cc1. The van der Waals surface area contributed by atoms with Gasteiger partial charge in [0, 0.05) is 29.1 Å². The van der Waals surface area contributed by atoms with Crippen molar-refractivity contribution in [2.24, 2.45) is 11.1 Å². The van der Waals surface area contributed by atoms with E-state index in [1.807, 2.05) is 0 Å². The van der Waals surface area contributed by atoms with Crippen LogP contribution in [0.2, 0.25) is 0 Å². The van der Waals surface area contributed by atoms with E-state index in [0.717, 1.165) is 55.2 Å². The normalized spacial score (nSPS) is 15.5. The van der Waals surface area contributed by atoms with Gasteiger partial charge in [-0.1, -0.05) is 31.2 Å². The predicted octanol–water partition coefficient (Wildman–Crippen LogP) is 3.87. The molecule has 0 spiro atoms. The number of hydrogen-bond acceptors (Lipinski definition) is 6. The van der Waals surface area contributed by atoms with E-state index in [-0.39, 0.29) is 16.7 Å². The minimum Gasteiger partial charge on any atom is -0.326 e. The highest BCUT2D eigenvalue weighted by Crippen LogP contribution is 2.26. The molecule has 7 nitrogen and oxygen atoms in total. The summed E-state index contributed by atoms with van der Waals surface area (Å²) in [6.45, 7) is 4.60. The Kier molecular flexibility index (Phi) is 7.23. The molecule has 2 heterocycles. The summed E-state index contributed by atoms with van der Waals surface area (Å²) in [5.74, 6) is -0.105. The van der Waals surface area contributed by atoms with Crippen LogP contribution in [0.3, 0.4) is 0 Å². The van der Waals surface area contributed by atoms with Crippen LogP contribution in [0, 0.1) is 5.92 Å². The van der Waals surface area contributed by atoms with Gasteiger partial charge < -0.3 is 5.32 Å². The molecule has 1 saturated heterocycles. The highest BCUT2D eigenvalue weighted by Gasteiger charge is 2.25. The molecule has 1 aliphatic heterocycles. The van der Waals surface area contributed by atoms with Gasteiger partial charge in [-0.3, -0.25) is 9.69 Å². The van der Waals surface area contributed by atoms with Crippen molar-refractivity contribution in [3.63, 3.8) is 0 Å². The average molecular weight is 485 g/mol. The van der Waals surface area contributed by atoms with Crippen LogP contribution in [-0.2, 0) is 27.8 Å². The first-order valence-corrected chi connectivity index (χ1v) is 13.4. The molecular formula is C24H28N4O3S2. The number of likely N-dealkylation sites (tertiary alicyclic amines) is 1. The number of sulfonamides is 1. The van der Waals surface area contributed by atoms with Gasteiger partial charge in [0.15, 0.2) is 0 Å². The van der Waals surface area contributed by atoms with Gasteiger partial charge in [0.1, 0.15) is 5.01 Å². The molecule has 3 N–H and O–H groups in total. The number of nitrogens with two attached hydrogens (primary N) is 1. The Morgan fingerprint density at radius 3 is 2.39 bits per heavy atom. The zero-order valence-corrected chi connectivity index (χ0v) is 20.2. The molecule has 174 valence electrons. The Morgan fingerprint density at radius 2 is 1.79 bits per heavy atom. The predicted molar refractivity (Wildman–Crippen MR) is 131 cm³/mol. The zero-order valence-electron chi connectivity index (χ0n) is 18.5. The quantitative estimate of drug-likeness (QED) is 0.530. The number of nitrogens with zero attached hydrogens (tertiary/aromatic N) is 2. The van der Waals surface area contributed by atoms with Gasteiger partial charge in [-0.2, -0.15) is 0 Å². The lowest BCUT2D eigenvalue weighted by Crippen LogP contribution is -2.37. The molecule has 1 aromatic heterocycles. The van der Waals surface area contributed by atoms with Gasteiger partial charge in [-0.25, -0.2) is 18.5 Å². The van der Waals surface area contributed by atoms with Crippen molar-refractivity contribution >= 4 is 33.0 Å². The lowest BCUT2D eigenvalue weighted by Gasteiger charge is -2.30. The molecular weight excluding hydrogens is 456 g/mol. The van der Waals surface area contributed by atoms with Gasteiger partial charge in [0.2, 0.25) is 15.9 Å². The van der Waals surface area contributed by atoms with E-state index in [0.29, 0.717) is 5.69 Å². The smallest absolute Gasteiger partial charge is 0.238 e. The van der Waals surface area contributed by atoms with Crippen LogP contribution in [0.25, 0.3) is 10.6 Å². The van der Waals surface area contributed by atoms with Crippen LogP contribution < -0.4 is 10.5 Å². The monoisotopic (exact) mass is 484 g/mol. The van der Waals surface area contributed by atoms with Crippen molar-refractivity contribution in [2.75, 3.05) is 18.4 Å². The first-order chi connectivity index (χ1) is 15.8. The number of piperidine rings is 1. The third-order valence-electron chi connectivity index (χ3n) is 5.96. The Bertz CT molecular complexity index is 1200. The van der Waals surface area contributed by atoms with Crippen LogP contribution in [0.5, 0.6) is 0 Å². The second-order valence-electron chi connectivity index (χ2n) is 8.30. The summed E-state index contributed by atoms with van der Waals surface area (Å²) in [4.78, 5) is 19.8. The number of carbonyl (C=O) groups is 1. The third-order valence-corrected chi connectivity index (χ3v) is 7.82. The van der Waals surface area contributed by atoms with E-state index in [2.05, 4.69) is 46.8 Å². The molecule has 1 fully saturated rings. The molecule has 0 radical (unpaired) electrons. The topological polar surface area (TPSA) is 105 Å². The van der Waals surface area contributed by atoms with Crippen molar-refractivity contribution in [3.8, 4) is 10.6 Å². The van der Waals surface area contributed by atoms with Crippen molar-refractivity contribution < 1.29 is 13.2 Å². The van der Waals surface area contributed by atoms with Gasteiger partial charge in [-0.15, -0.1) is 11.3 Å². The zero-order chi connectivity index (χ0) is 23.4. The number of primary sulfonamides is 1. The van der Waals surface area contributed by atoms with Crippen molar-refractivity contribution in [1.82, 2.24) is 9.88 Å². The van der Waals surface area contributed by atoms with Crippen LogP contribution in [-0.4, -0.2) is 37.3 Å². The van der Waals surface area contributed by atoms with Crippen LogP contribution in [0.1, 0.15) is 31.0 Å². The number of benzene rings is 2. The minimum atomic E-state index is -3.74. The number of hydrogen-bond donors (Lipinski definition) is 2. The molecule has 4 rings (SSSR count). The first-order valence-electron chi connectivity index (χ1n) is 11.0. The summed E-state index contributed by atoms with van der Waals surface area (Å²) < 4.78 is 22.7. The summed E-state index contributed by atoms with van der Waals surface area (Å²) in [6.07, 6.45) is 2.58. The molecule has 9 heteroatoms. The fourth-order valence-electron chi connectivity index (χ4n) is 3.95.